The molecule has 1 unspecified atom stereocenters. The summed E-state index contributed by atoms with van der Waals surface area (Å²) < 4.78 is 39.1. The normalized spacial score (nSPS) is 18.7. The van der Waals surface area contributed by atoms with Gasteiger partial charge in [-0.25, -0.2) is 0 Å². The highest BCUT2D eigenvalue weighted by atomic mass is 35.5. The summed E-state index contributed by atoms with van der Waals surface area (Å²) in [7, 11) is 0. The SMILES string of the molecule is O=C(Nc1ccc(Cl)cc1C(=O)N1CCCC1)C1CC(=O)N(c2cccc(C(F)(F)F)c2)C1. The molecule has 0 radical (unpaired) electrons. The maximum absolute atomic E-state index is 13.0. The van der Waals surface area contributed by atoms with E-state index >= 15 is 0 Å². The number of nitrogens with zero attached hydrogens (tertiary/aromatic N) is 2. The third kappa shape index (κ3) is 4.98. The second-order valence-corrected chi connectivity index (χ2v) is 8.57. The average molecular weight is 480 g/mol. The molecular weight excluding hydrogens is 459 g/mol. The van der Waals surface area contributed by atoms with E-state index in [1.807, 2.05) is 0 Å². The van der Waals surface area contributed by atoms with Gasteiger partial charge in [0, 0.05) is 36.8 Å². The number of halogens is 4. The molecule has 2 heterocycles. The third-order valence-corrected chi connectivity index (χ3v) is 6.08. The van der Waals surface area contributed by atoms with Gasteiger partial charge in [-0.2, -0.15) is 13.2 Å². The van der Waals surface area contributed by atoms with E-state index in [4.69, 9.17) is 11.6 Å². The molecule has 0 spiro atoms. The Balaban J connectivity index is 1.50. The molecule has 4 rings (SSSR count). The molecule has 174 valence electrons. The van der Waals surface area contributed by atoms with Crippen LogP contribution in [-0.2, 0) is 15.8 Å². The zero-order valence-electron chi connectivity index (χ0n) is 17.5. The zero-order chi connectivity index (χ0) is 23.8. The highest BCUT2D eigenvalue weighted by Crippen LogP contribution is 2.34. The number of nitrogens with one attached hydrogen (secondary N) is 1. The Kier molecular flexibility index (Phi) is 6.34. The summed E-state index contributed by atoms with van der Waals surface area (Å²) in [5.74, 6) is -1.95. The number of rotatable bonds is 4. The van der Waals surface area contributed by atoms with Crippen LogP contribution in [0.3, 0.4) is 0 Å². The molecule has 0 bridgehead atoms. The molecule has 2 aliphatic rings. The second-order valence-electron chi connectivity index (χ2n) is 8.13. The fourth-order valence-corrected chi connectivity index (χ4v) is 4.28. The van der Waals surface area contributed by atoms with E-state index in [9.17, 15) is 27.6 Å². The summed E-state index contributed by atoms with van der Waals surface area (Å²) in [4.78, 5) is 41.2. The number of anilines is 2. The van der Waals surface area contributed by atoms with E-state index in [2.05, 4.69) is 5.32 Å². The summed E-state index contributed by atoms with van der Waals surface area (Å²) >= 11 is 6.07. The number of likely N-dealkylation sites (tertiary alicyclic amines) is 1. The molecule has 10 heteroatoms. The lowest BCUT2D eigenvalue weighted by molar-refractivity contribution is -0.137. The first-order valence-corrected chi connectivity index (χ1v) is 10.9. The van der Waals surface area contributed by atoms with Gasteiger partial charge in [0.25, 0.3) is 5.91 Å². The van der Waals surface area contributed by atoms with Crippen molar-refractivity contribution in [1.29, 1.82) is 0 Å². The van der Waals surface area contributed by atoms with E-state index in [0.29, 0.717) is 18.1 Å². The van der Waals surface area contributed by atoms with Gasteiger partial charge in [0.2, 0.25) is 11.8 Å². The van der Waals surface area contributed by atoms with Gasteiger partial charge in [-0.15, -0.1) is 0 Å². The highest BCUT2D eigenvalue weighted by Gasteiger charge is 2.37. The molecule has 0 aromatic heterocycles. The second kappa shape index (κ2) is 9.05. The van der Waals surface area contributed by atoms with Gasteiger partial charge in [0.05, 0.1) is 22.7 Å². The summed E-state index contributed by atoms with van der Waals surface area (Å²) in [6, 6.07) is 9.02. The fraction of sp³-hybridized carbons (Fsp3) is 0.348. The Morgan fingerprint density at radius 2 is 1.79 bits per heavy atom. The average Bonchev–Trinajstić information content (AvgIpc) is 3.44. The van der Waals surface area contributed by atoms with Crippen LogP contribution >= 0.6 is 11.6 Å². The monoisotopic (exact) mass is 479 g/mol. The van der Waals surface area contributed by atoms with Crippen molar-refractivity contribution in [2.75, 3.05) is 29.9 Å². The number of amides is 3. The Bertz CT molecular complexity index is 1100. The van der Waals surface area contributed by atoms with Gasteiger partial charge in [-0.05, 0) is 49.2 Å². The summed E-state index contributed by atoms with van der Waals surface area (Å²) in [5.41, 5.74) is -0.239. The first kappa shape index (κ1) is 23.1. The van der Waals surface area contributed by atoms with Crippen molar-refractivity contribution in [3.63, 3.8) is 0 Å². The van der Waals surface area contributed by atoms with Crippen molar-refractivity contribution in [1.82, 2.24) is 4.90 Å². The van der Waals surface area contributed by atoms with Crippen molar-refractivity contribution < 1.29 is 27.6 Å². The van der Waals surface area contributed by atoms with Crippen molar-refractivity contribution >= 4 is 40.7 Å². The predicted octanol–water partition coefficient (Wildman–Crippen LogP) is 4.59. The Labute approximate surface area is 193 Å². The van der Waals surface area contributed by atoms with Crippen LogP contribution in [0.2, 0.25) is 5.02 Å². The lowest BCUT2D eigenvalue weighted by atomic mass is 10.1. The van der Waals surface area contributed by atoms with E-state index in [1.165, 1.54) is 29.2 Å². The van der Waals surface area contributed by atoms with Gasteiger partial charge in [-0.3, -0.25) is 14.4 Å². The third-order valence-electron chi connectivity index (χ3n) is 5.84. The first-order chi connectivity index (χ1) is 15.6. The predicted molar refractivity (Wildman–Crippen MR) is 117 cm³/mol. The number of hydrogen-bond donors (Lipinski definition) is 1. The summed E-state index contributed by atoms with van der Waals surface area (Å²) in [6.45, 7) is 1.19. The van der Waals surface area contributed by atoms with Gasteiger partial charge in [-0.1, -0.05) is 17.7 Å². The van der Waals surface area contributed by atoms with Gasteiger partial charge >= 0.3 is 6.18 Å². The number of alkyl halides is 3. The molecule has 0 aliphatic carbocycles. The Hall–Kier alpha value is -3.07. The minimum atomic E-state index is -4.54. The van der Waals surface area contributed by atoms with Crippen LogP contribution < -0.4 is 10.2 Å². The van der Waals surface area contributed by atoms with Crippen LogP contribution in [0, 0.1) is 5.92 Å². The number of hydrogen-bond acceptors (Lipinski definition) is 3. The standard InChI is InChI=1S/C23H21ClF3N3O3/c24-16-6-7-19(18(12-16)22(33)29-8-1-2-9-29)28-21(32)14-10-20(31)30(13-14)17-5-3-4-15(11-17)23(25,26)27/h3-7,11-12,14H,1-2,8-10,13H2,(H,28,32). The molecule has 2 saturated heterocycles. The quantitative estimate of drug-likeness (QED) is 0.697. The molecule has 2 aliphatic heterocycles. The van der Waals surface area contributed by atoms with Gasteiger partial charge in [0.15, 0.2) is 0 Å². The summed E-state index contributed by atoms with van der Waals surface area (Å²) in [6.07, 6.45) is -2.87. The first-order valence-electron chi connectivity index (χ1n) is 10.5. The van der Waals surface area contributed by atoms with Gasteiger partial charge < -0.3 is 15.1 Å². The molecular formula is C23H21ClF3N3O3. The lowest BCUT2D eigenvalue weighted by Crippen LogP contribution is -2.31. The van der Waals surface area contributed by atoms with Crippen molar-refractivity contribution in [3.8, 4) is 0 Å². The van der Waals surface area contributed by atoms with Crippen molar-refractivity contribution in [2.24, 2.45) is 5.92 Å². The zero-order valence-corrected chi connectivity index (χ0v) is 18.2. The van der Waals surface area contributed by atoms with Crippen molar-refractivity contribution in [2.45, 2.75) is 25.4 Å². The fourth-order valence-electron chi connectivity index (χ4n) is 4.11. The highest BCUT2D eigenvalue weighted by molar-refractivity contribution is 6.31. The molecule has 1 atom stereocenters. The molecule has 3 amide bonds. The van der Waals surface area contributed by atoms with Crippen LogP contribution in [0.5, 0.6) is 0 Å². The van der Waals surface area contributed by atoms with E-state index < -0.39 is 29.5 Å². The maximum Gasteiger partial charge on any atom is 0.416 e. The molecule has 2 aromatic carbocycles. The van der Waals surface area contributed by atoms with Crippen LogP contribution in [-0.4, -0.2) is 42.3 Å². The minimum Gasteiger partial charge on any atom is -0.339 e. The Morgan fingerprint density at radius 1 is 1.06 bits per heavy atom. The number of carbonyl (C=O) groups is 3. The molecule has 6 nitrogen and oxygen atoms in total. The topological polar surface area (TPSA) is 69.7 Å². The smallest absolute Gasteiger partial charge is 0.339 e. The van der Waals surface area contributed by atoms with E-state index in [-0.39, 0.29) is 35.8 Å². The number of benzene rings is 2. The molecule has 2 aromatic rings. The molecule has 2 fully saturated rings. The largest absolute Gasteiger partial charge is 0.416 e. The van der Waals surface area contributed by atoms with Gasteiger partial charge in [0.1, 0.15) is 0 Å². The van der Waals surface area contributed by atoms with Crippen LogP contribution in [0.25, 0.3) is 0 Å². The maximum atomic E-state index is 13.0. The molecule has 33 heavy (non-hydrogen) atoms. The minimum absolute atomic E-state index is 0.0605. The lowest BCUT2D eigenvalue weighted by Gasteiger charge is -2.20. The van der Waals surface area contributed by atoms with Crippen LogP contribution in [0.4, 0.5) is 24.5 Å². The van der Waals surface area contributed by atoms with E-state index in [0.717, 1.165) is 25.0 Å². The molecule has 1 N–H and O–H groups in total. The molecule has 0 saturated carbocycles. The van der Waals surface area contributed by atoms with Crippen molar-refractivity contribution in [3.05, 3.63) is 58.6 Å². The summed E-state index contributed by atoms with van der Waals surface area (Å²) in [5, 5.41) is 3.06. The van der Waals surface area contributed by atoms with Crippen LogP contribution in [0.15, 0.2) is 42.5 Å². The van der Waals surface area contributed by atoms with Crippen LogP contribution in [0.1, 0.15) is 35.2 Å². The number of carbonyl (C=O) groups excluding carboxylic acids is 3. The van der Waals surface area contributed by atoms with E-state index in [1.54, 1.807) is 11.0 Å². The Morgan fingerprint density at radius 3 is 2.48 bits per heavy atom.